The second-order valence-corrected chi connectivity index (χ2v) is 7.73. The molecular weight excluding hydrogens is 511 g/mol. The number of esters is 1. The Morgan fingerprint density at radius 1 is 1.19 bits per heavy atom. The molecule has 162 valence electrons. The van der Waals surface area contributed by atoms with Gasteiger partial charge in [0.15, 0.2) is 18.1 Å². The number of methoxy groups -OCH3 is 1. The molecular formula is C23H23IN2O5. The predicted molar refractivity (Wildman–Crippen MR) is 126 cm³/mol. The van der Waals surface area contributed by atoms with Crippen molar-refractivity contribution in [3.8, 4) is 17.6 Å². The molecule has 0 atom stereocenters. The summed E-state index contributed by atoms with van der Waals surface area (Å²) in [5, 5.41) is 12.3. The van der Waals surface area contributed by atoms with E-state index >= 15 is 0 Å². The quantitative estimate of drug-likeness (QED) is 0.233. The Labute approximate surface area is 195 Å². The Kier molecular flexibility index (Phi) is 8.88. The zero-order valence-electron chi connectivity index (χ0n) is 17.7. The van der Waals surface area contributed by atoms with Gasteiger partial charge in [0.2, 0.25) is 0 Å². The number of benzene rings is 2. The molecule has 8 heteroatoms. The van der Waals surface area contributed by atoms with Gasteiger partial charge < -0.3 is 19.5 Å². The van der Waals surface area contributed by atoms with Crippen molar-refractivity contribution in [1.82, 2.24) is 0 Å². The number of amides is 1. The molecule has 0 aliphatic heterocycles. The Morgan fingerprint density at radius 2 is 1.94 bits per heavy atom. The summed E-state index contributed by atoms with van der Waals surface area (Å²) in [5.74, 6) is -0.231. The van der Waals surface area contributed by atoms with E-state index in [1.165, 1.54) is 13.2 Å². The first-order valence-electron chi connectivity index (χ1n) is 9.45. The van der Waals surface area contributed by atoms with Crippen molar-refractivity contribution in [3.05, 3.63) is 56.2 Å². The third-order valence-corrected chi connectivity index (χ3v) is 5.00. The summed E-state index contributed by atoms with van der Waals surface area (Å²) in [6.45, 7) is 5.79. The van der Waals surface area contributed by atoms with Gasteiger partial charge in [0.25, 0.3) is 5.91 Å². The number of nitrogens with zero attached hydrogens (tertiary/aromatic N) is 1. The van der Waals surface area contributed by atoms with Crippen LogP contribution in [-0.2, 0) is 14.3 Å². The maximum Gasteiger partial charge on any atom is 0.343 e. The third kappa shape index (κ3) is 6.72. The number of hydrogen-bond donors (Lipinski definition) is 1. The Morgan fingerprint density at radius 3 is 2.55 bits per heavy atom. The van der Waals surface area contributed by atoms with Crippen LogP contribution in [-0.4, -0.2) is 32.2 Å². The number of nitriles is 1. The summed E-state index contributed by atoms with van der Waals surface area (Å²) in [7, 11) is 1.28. The summed E-state index contributed by atoms with van der Waals surface area (Å²) in [6.07, 6.45) is 1.48. The van der Waals surface area contributed by atoms with Gasteiger partial charge in [0, 0.05) is 5.69 Å². The highest BCUT2D eigenvalue weighted by molar-refractivity contribution is 14.1. The maximum atomic E-state index is 12.6. The van der Waals surface area contributed by atoms with E-state index in [1.54, 1.807) is 18.2 Å². The van der Waals surface area contributed by atoms with Crippen LogP contribution in [0.15, 0.2) is 35.9 Å². The van der Waals surface area contributed by atoms with Gasteiger partial charge in [0.05, 0.1) is 17.3 Å². The molecule has 0 saturated carbocycles. The number of rotatable bonds is 8. The number of anilines is 1. The van der Waals surface area contributed by atoms with Crippen molar-refractivity contribution in [2.24, 2.45) is 0 Å². The number of carbonyl (C=O) groups excluding carboxylic acids is 2. The lowest BCUT2D eigenvalue weighted by Gasteiger charge is -2.14. The highest BCUT2D eigenvalue weighted by Crippen LogP contribution is 2.35. The minimum absolute atomic E-state index is 0.0542. The predicted octanol–water partition coefficient (Wildman–Crippen LogP) is 4.40. The van der Waals surface area contributed by atoms with E-state index < -0.39 is 11.9 Å². The molecule has 0 aliphatic rings. The number of carbonyl (C=O) groups is 2. The zero-order chi connectivity index (χ0) is 23.0. The van der Waals surface area contributed by atoms with E-state index in [0.29, 0.717) is 32.9 Å². The summed E-state index contributed by atoms with van der Waals surface area (Å²) in [6, 6.07) is 11.0. The topological polar surface area (TPSA) is 97.6 Å². The SMILES string of the molecule is CCOc1cc(/C=C(\C#N)C(=O)Nc2ccc(C)cc2C)cc(I)c1OCC(=O)OC. The average Bonchev–Trinajstić information content (AvgIpc) is 2.73. The van der Waals surface area contributed by atoms with E-state index in [0.717, 1.165) is 11.1 Å². The molecule has 0 bridgehead atoms. The summed E-state index contributed by atoms with van der Waals surface area (Å²) in [4.78, 5) is 24.1. The van der Waals surface area contributed by atoms with Crippen LogP contribution in [0, 0.1) is 28.7 Å². The lowest BCUT2D eigenvalue weighted by Crippen LogP contribution is -2.14. The Hall–Kier alpha value is -3.06. The molecule has 0 fully saturated rings. The summed E-state index contributed by atoms with van der Waals surface area (Å²) < 4.78 is 16.4. The number of aryl methyl sites for hydroxylation is 2. The molecule has 0 radical (unpaired) electrons. The van der Waals surface area contributed by atoms with Crippen LogP contribution in [0.2, 0.25) is 0 Å². The standard InChI is InChI=1S/C23H23IN2O5/c1-5-30-20-11-16(10-18(24)22(20)31-13-21(27)29-4)9-17(12-25)23(28)26-19-7-6-14(2)8-15(19)3/h6-11H,5,13H2,1-4H3,(H,26,28)/b17-9+. The van der Waals surface area contributed by atoms with Crippen LogP contribution < -0.4 is 14.8 Å². The normalized spacial score (nSPS) is 10.8. The van der Waals surface area contributed by atoms with Crippen LogP contribution in [0.1, 0.15) is 23.6 Å². The van der Waals surface area contributed by atoms with Crippen molar-refractivity contribution < 1.29 is 23.8 Å². The van der Waals surface area contributed by atoms with E-state index in [4.69, 9.17) is 9.47 Å². The molecule has 0 unspecified atom stereocenters. The minimum Gasteiger partial charge on any atom is -0.490 e. The van der Waals surface area contributed by atoms with E-state index in [2.05, 4.69) is 10.1 Å². The fourth-order valence-electron chi connectivity index (χ4n) is 2.72. The second kappa shape index (κ2) is 11.4. The molecule has 1 N–H and O–H groups in total. The molecule has 2 aromatic rings. The van der Waals surface area contributed by atoms with Gasteiger partial charge in [-0.05, 0) is 78.8 Å². The molecule has 7 nitrogen and oxygen atoms in total. The van der Waals surface area contributed by atoms with Gasteiger partial charge in [-0.2, -0.15) is 5.26 Å². The van der Waals surface area contributed by atoms with Crippen LogP contribution >= 0.6 is 22.6 Å². The third-order valence-electron chi connectivity index (χ3n) is 4.20. The lowest BCUT2D eigenvalue weighted by molar-refractivity contribution is -0.142. The molecule has 31 heavy (non-hydrogen) atoms. The van der Waals surface area contributed by atoms with Gasteiger partial charge in [0.1, 0.15) is 11.6 Å². The smallest absolute Gasteiger partial charge is 0.343 e. The number of hydrogen-bond acceptors (Lipinski definition) is 6. The number of nitrogens with one attached hydrogen (secondary N) is 1. The summed E-state index contributed by atoms with van der Waals surface area (Å²) in [5.41, 5.74) is 3.17. The van der Waals surface area contributed by atoms with Crippen LogP contribution in [0.25, 0.3) is 6.08 Å². The minimum atomic E-state index is -0.517. The van der Waals surface area contributed by atoms with Crippen molar-refractivity contribution >= 4 is 46.2 Å². The summed E-state index contributed by atoms with van der Waals surface area (Å²) >= 11 is 2.04. The average molecular weight is 534 g/mol. The highest BCUT2D eigenvalue weighted by Gasteiger charge is 2.16. The van der Waals surface area contributed by atoms with Crippen molar-refractivity contribution in [3.63, 3.8) is 0 Å². The maximum absolute atomic E-state index is 12.6. The van der Waals surface area contributed by atoms with Crippen molar-refractivity contribution in [2.75, 3.05) is 25.6 Å². The largest absolute Gasteiger partial charge is 0.490 e. The number of halogens is 1. The molecule has 0 saturated heterocycles. The van der Waals surface area contributed by atoms with Crippen LogP contribution in [0.4, 0.5) is 5.69 Å². The fourth-order valence-corrected chi connectivity index (χ4v) is 3.50. The molecule has 2 rings (SSSR count). The van der Waals surface area contributed by atoms with Crippen LogP contribution in [0.5, 0.6) is 11.5 Å². The molecule has 2 aromatic carbocycles. The first-order valence-corrected chi connectivity index (χ1v) is 10.5. The van der Waals surface area contributed by atoms with Crippen molar-refractivity contribution in [2.45, 2.75) is 20.8 Å². The Balaban J connectivity index is 2.33. The first kappa shape index (κ1) is 24.2. The van der Waals surface area contributed by atoms with E-state index in [9.17, 15) is 14.9 Å². The molecule has 0 aromatic heterocycles. The van der Waals surface area contributed by atoms with Gasteiger partial charge in [-0.3, -0.25) is 4.79 Å². The monoisotopic (exact) mass is 534 g/mol. The molecule has 0 aliphatic carbocycles. The number of ether oxygens (including phenoxy) is 3. The van der Waals surface area contributed by atoms with E-state index in [1.807, 2.05) is 61.6 Å². The van der Waals surface area contributed by atoms with Crippen molar-refractivity contribution in [1.29, 1.82) is 5.26 Å². The molecule has 0 heterocycles. The van der Waals surface area contributed by atoms with Gasteiger partial charge >= 0.3 is 5.97 Å². The molecule has 0 spiro atoms. The van der Waals surface area contributed by atoms with E-state index in [-0.39, 0.29) is 12.2 Å². The zero-order valence-corrected chi connectivity index (χ0v) is 19.9. The first-order chi connectivity index (χ1) is 14.8. The second-order valence-electron chi connectivity index (χ2n) is 6.57. The van der Waals surface area contributed by atoms with Gasteiger partial charge in [-0.1, -0.05) is 17.7 Å². The molecule has 1 amide bonds. The highest BCUT2D eigenvalue weighted by atomic mass is 127. The van der Waals surface area contributed by atoms with Gasteiger partial charge in [-0.25, -0.2) is 4.79 Å². The fraction of sp³-hybridized carbons (Fsp3) is 0.261. The van der Waals surface area contributed by atoms with Crippen LogP contribution in [0.3, 0.4) is 0 Å². The lowest BCUT2D eigenvalue weighted by atomic mass is 10.1. The Bertz CT molecular complexity index is 1060. The van der Waals surface area contributed by atoms with Gasteiger partial charge in [-0.15, -0.1) is 0 Å².